The minimum atomic E-state index is -1.20. The Balaban J connectivity index is 3.50. The van der Waals surface area contributed by atoms with Crippen molar-refractivity contribution in [2.24, 2.45) is 0 Å². The SMILES string of the molecule is COC(=O)C(O)CCCC(=O)O. The molecule has 0 spiro atoms. The van der Waals surface area contributed by atoms with Crippen LogP contribution in [0.3, 0.4) is 0 Å². The van der Waals surface area contributed by atoms with Crippen molar-refractivity contribution < 1.29 is 24.5 Å². The van der Waals surface area contributed by atoms with Crippen molar-refractivity contribution in [1.29, 1.82) is 0 Å². The second-order valence-electron chi connectivity index (χ2n) is 2.32. The van der Waals surface area contributed by atoms with E-state index in [4.69, 9.17) is 10.2 Å². The quantitative estimate of drug-likeness (QED) is 0.565. The third kappa shape index (κ3) is 4.68. The van der Waals surface area contributed by atoms with Gasteiger partial charge in [-0.2, -0.15) is 0 Å². The van der Waals surface area contributed by atoms with Gasteiger partial charge in [-0.15, -0.1) is 0 Å². The van der Waals surface area contributed by atoms with E-state index in [1.165, 1.54) is 7.11 Å². The molecule has 12 heavy (non-hydrogen) atoms. The summed E-state index contributed by atoms with van der Waals surface area (Å²) in [6, 6.07) is 0. The monoisotopic (exact) mass is 176 g/mol. The van der Waals surface area contributed by atoms with Crippen molar-refractivity contribution in [3.8, 4) is 0 Å². The van der Waals surface area contributed by atoms with Gasteiger partial charge in [-0.3, -0.25) is 4.79 Å². The number of methoxy groups -OCH3 is 1. The maximum atomic E-state index is 10.6. The number of ether oxygens (including phenoxy) is 1. The molecule has 0 aromatic rings. The summed E-state index contributed by atoms with van der Waals surface area (Å²) in [6.07, 6.45) is -0.854. The first kappa shape index (κ1) is 10.9. The molecule has 1 atom stereocenters. The highest BCUT2D eigenvalue weighted by Gasteiger charge is 2.14. The van der Waals surface area contributed by atoms with Crippen LogP contribution >= 0.6 is 0 Å². The van der Waals surface area contributed by atoms with Gasteiger partial charge in [0.15, 0.2) is 6.10 Å². The molecule has 0 amide bonds. The Morgan fingerprint density at radius 3 is 2.50 bits per heavy atom. The summed E-state index contributed by atoms with van der Waals surface area (Å²) < 4.78 is 4.23. The van der Waals surface area contributed by atoms with Gasteiger partial charge < -0.3 is 14.9 Å². The van der Waals surface area contributed by atoms with Crippen molar-refractivity contribution in [3.05, 3.63) is 0 Å². The lowest BCUT2D eigenvalue weighted by atomic mass is 10.1. The van der Waals surface area contributed by atoms with Gasteiger partial charge in [0.2, 0.25) is 0 Å². The molecule has 0 radical (unpaired) electrons. The zero-order chi connectivity index (χ0) is 9.56. The van der Waals surface area contributed by atoms with Gasteiger partial charge in [0.1, 0.15) is 0 Å². The van der Waals surface area contributed by atoms with Crippen LogP contribution in [-0.2, 0) is 14.3 Å². The molecule has 0 heterocycles. The summed E-state index contributed by atoms with van der Waals surface area (Å²) in [5, 5.41) is 17.2. The van der Waals surface area contributed by atoms with Gasteiger partial charge in [0, 0.05) is 6.42 Å². The van der Waals surface area contributed by atoms with E-state index in [2.05, 4.69) is 4.74 Å². The van der Waals surface area contributed by atoms with Crippen molar-refractivity contribution >= 4 is 11.9 Å². The number of carbonyl (C=O) groups excluding carboxylic acids is 1. The molecule has 0 aromatic carbocycles. The largest absolute Gasteiger partial charge is 0.481 e. The second-order valence-corrected chi connectivity index (χ2v) is 2.32. The molecule has 5 nitrogen and oxygen atoms in total. The first-order valence-corrected chi connectivity index (χ1v) is 3.55. The highest BCUT2D eigenvalue weighted by molar-refractivity contribution is 5.74. The van der Waals surface area contributed by atoms with Crippen molar-refractivity contribution in [2.45, 2.75) is 25.4 Å². The smallest absolute Gasteiger partial charge is 0.334 e. The van der Waals surface area contributed by atoms with E-state index in [0.717, 1.165) is 0 Å². The Morgan fingerprint density at radius 1 is 1.50 bits per heavy atom. The van der Waals surface area contributed by atoms with Crippen LogP contribution in [0.25, 0.3) is 0 Å². The Morgan fingerprint density at radius 2 is 2.08 bits per heavy atom. The Hall–Kier alpha value is -1.10. The minimum absolute atomic E-state index is 0.0476. The summed E-state index contributed by atoms with van der Waals surface area (Å²) in [4.78, 5) is 20.6. The zero-order valence-electron chi connectivity index (χ0n) is 6.82. The topological polar surface area (TPSA) is 83.8 Å². The highest BCUT2D eigenvalue weighted by Crippen LogP contribution is 2.01. The molecule has 0 saturated heterocycles. The van der Waals surface area contributed by atoms with Gasteiger partial charge in [-0.05, 0) is 12.8 Å². The van der Waals surface area contributed by atoms with Crippen LogP contribution in [-0.4, -0.2) is 35.4 Å². The predicted octanol–water partition coefficient (Wildman–Crippen LogP) is -0.225. The molecular weight excluding hydrogens is 164 g/mol. The van der Waals surface area contributed by atoms with Crippen molar-refractivity contribution in [3.63, 3.8) is 0 Å². The van der Waals surface area contributed by atoms with E-state index >= 15 is 0 Å². The summed E-state index contributed by atoms with van der Waals surface area (Å²) in [6.45, 7) is 0. The van der Waals surface area contributed by atoms with E-state index in [1.54, 1.807) is 0 Å². The number of carboxylic acid groups (broad SMARTS) is 1. The average molecular weight is 176 g/mol. The van der Waals surface area contributed by atoms with Crippen molar-refractivity contribution in [1.82, 2.24) is 0 Å². The molecule has 0 fully saturated rings. The van der Waals surface area contributed by atoms with Gasteiger partial charge in [0.25, 0.3) is 0 Å². The molecule has 0 saturated carbocycles. The van der Waals surface area contributed by atoms with Crippen molar-refractivity contribution in [2.75, 3.05) is 7.11 Å². The van der Waals surface area contributed by atoms with Gasteiger partial charge in [-0.1, -0.05) is 0 Å². The van der Waals surface area contributed by atoms with E-state index in [0.29, 0.717) is 0 Å². The fourth-order valence-electron chi connectivity index (χ4n) is 0.701. The Labute approximate surface area is 70.0 Å². The number of esters is 1. The number of carbonyl (C=O) groups is 2. The van der Waals surface area contributed by atoms with Crippen LogP contribution < -0.4 is 0 Å². The average Bonchev–Trinajstić information content (AvgIpc) is 2.02. The normalized spacial score (nSPS) is 12.2. The van der Waals surface area contributed by atoms with Gasteiger partial charge in [-0.25, -0.2) is 4.79 Å². The molecule has 1 unspecified atom stereocenters. The third-order valence-corrected chi connectivity index (χ3v) is 1.34. The fraction of sp³-hybridized carbons (Fsp3) is 0.714. The first-order valence-electron chi connectivity index (χ1n) is 3.55. The lowest BCUT2D eigenvalue weighted by Gasteiger charge is -2.05. The Bertz CT molecular complexity index is 165. The fourth-order valence-corrected chi connectivity index (χ4v) is 0.701. The molecule has 0 bridgehead atoms. The lowest BCUT2D eigenvalue weighted by molar-refractivity contribution is -0.151. The third-order valence-electron chi connectivity index (χ3n) is 1.34. The molecule has 70 valence electrons. The number of carboxylic acids is 1. The summed E-state index contributed by atoms with van der Waals surface area (Å²) in [5.41, 5.74) is 0. The molecule has 0 aliphatic heterocycles. The van der Waals surface area contributed by atoms with Crippen LogP contribution in [0, 0.1) is 0 Å². The molecule has 0 rings (SSSR count). The van der Waals surface area contributed by atoms with E-state index in [1.807, 2.05) is 0 Å². The molecule has 0 aromatic heterocycles. The second kappa shape index (κ2) is 5.54. The Kier molecular flexibility index (Phi) is 5.03. The zero-order valence-corrected chi connectivity index (χ0v) is 6.82. The molecular formula is C7H12O5. The number of hydrogen-bond acceptors (Lipinski definition) is 4. The summed E-state index contributed by atoms with van der Waals surface area (Å²) in [5.74, 6) is -1.66. The maximum Gasteiger partial charge on any atom is 0.334 e. The highest BCUT2D eigenvalue weighted by atomic mass is 16.5. The standard InChI is InChI=1S/C7H12O5/c1-12-7(11)5(8)3-2-4-6(9)10/h5,8H,2-4H2,1H3,(H,9,10). The number of rotatable bonds is 5. The van der Waals surface area contributed by atoms with Crippen LogP contribution in [0.5, 0.6) is 0 Å². The first-order chi connectivity index (χ1) is 5.57. The predicted molar refractivity (Wildman–Crippen MR) is 39.5 cm³/mol. The number of hydrogen-bond donors (Lipinski definition) is 2. The minimum Gasteiger partial charge on any atom is -0.481 e. The summed E-state index contributed by atoms with van der Waals surface area (Å²) >= 11 is 0. The van der Waals surface area contributed by atoms with Crippen LogP contribution in [0.1, 0.15) is 19.3 Å². The lowest BCUT2D eigenvalue weighted by Crippen LogP contribution is -2.21. The van der Waals surface area contributed by atoms with Gasteiger partial charge in [0.05, 0.1) is 7.11 Å². The van der Waals surface area contributed by atoms with Crippen LogP contribution in [0.2, 0.25) is 0 Å². The number of aliphatic carboxylic acids is 1. The number of aliphatic hydroxyl groups is 1. The summed E-state index contributed by atoms with van der Waals surface area (Å²) in [7, 11) is 1.17. The van der Waals surface area contributed by atoms with Crippen LogP contribution in [0.4, 0.5) is 0 Å². The van der Waals surface area contributed by atoms with Crippen LogP contribution in [0.15, 0.2) is 0 Å². The molecule has 0 aliphatic carbocycles. The number of aliphatic hydroxyl groups excluding tert-OH is 1. The maximum absolute atomic E-state index is 10.6. The van der Waals surface area contributed by atoms with E-state index < -0.39 is 18.0 Å². The van der Waals surface area contributed by atoms with E-state index in [-0.39, 0.29) is 19.3 Å². The van der Waals surface area contributed by atoms with Gasteiger partial charge >= 0.3 is 11.9 Å². The molecule has 2 N–H and O–H groups in total. The molecule has 5 heteroatoms. The van der Waals surface area contributed by atoms with E-state index in [9.17, 15) is 9.59 Å². The molecule has 0 aliphatic rings.